The summed E-state index contributed by atoms with van der Waals surface area (Å²) in [4.78, 5) is 0. The van der Waals surface area contributed by atoms with Gasteiger partial charge in [0.1, 0.15) is 0 Å². The van der Waals surface area contributed by atoms with Crippen molar-refractivity contribution in [2.24, 2.45) is 0 Å². The first-order valence-corrected chi connectivity index (χ1v) is 0. The monoisotopic (exact) mass is 64.0 g/mol. The van der Waals surface area contributed by atoms with Crippen molar-refractivity contribution in [2.45, 2.75) is 0 Å². The second kappa shape index (κ2) is 16.4. The van der Waals surface area contributed by atoms with Crippen LogP contribution in [0, 0.1) is 0 Å². The first-order chi connectivity index (χ1) is 0. The van der Waals surface area contributed by atoms with Crippen LogP contribution in [0.3, 0.4) is 0 Å². The van der Waals surface area contributed by atoms with Crippen LogP contribution in [-0.4, -0.2) is 0 Å². The molecule has 0 aromatic heterocycles. The van der Waals surface area contributed by atoms with Crippen molar-refractivity contribution in [2.75, 3.05) is 0 Å². The molecule has 4 heteroatoms. The van der Waals surface area contributed by atoms with Crippen LogP contribution in [0.25, 0.3) is 0 Å². The predicted octanol–water partition coefficient (Wildman–Crippen LogP) is -11.5. The van der Waals surface area contributed by atoms with Gasteiger partial charge in [-0.2, -0.15) is 0 Å². The smallest absolute Gasteiger partial charge is 1.00 e. The van der Waals surface area contributed by atoms with Crippen molar-refractivity contribution in [1.29, 1.82) is 0 Å². The van der Waals surface area contributed by atoms with Gasteiger partial charge in [0, 0.05) is 0 Å². The Morgan fingerprint density at radius 2 is 0.750 bits per heavy atom. The topological polar surface area (TPSA) is 0 Å². The van der Waals surface area contributed by atoms with E-state index in [1.54, 1.807) is 0 Å². The molecule has 0 nitrogen and oxygen atoms in total. The van der Waals surface area contributed by atoms with E-state index in [4.69, 9.17) is 0 Å². The molecular formula is H4Li2Na2. The third kappa shape index (κ3) is 8.96. The normalized spacial score (nSPS) is 0. The van der Waals surface area contributed by atoms with E-state index < -0.39 is 0 Å². The third-order valence-corrected chi connectivity index (χ3v) is 0. The van der Waals surface area contributed by atoms with E-state index in [1.165, 1.54) is 0 Å². The molecule has 0 N–H and O–H groups in total. The summed E-state index contributed by atoms with van der Waals surface area (Å²) in [5.41, 5.74) is 0. The van der Waals surface area contributed by atoms with E-state index >= 15 is 0 Å². The first-order valence-electron chi connectivity index (χ1n) is 0. The molecule has 0 amide bonds. The fourth-order valence-corrected chi connectivity index (χ4v) is 0. The zero-order chi connectivity index (χ0) is 0. The summed E-state index contributed by atoms with van der Waals surface area (Å²) in [6.45, 7) is 0. The van der Waals surface area contributed by atoms with Crippen LogP contribution in [0.4, 0.5) is 0 Å². The molecule has 0 aromatic carbocycles. The quantitative estimate of drug-likeness (QED) is 0.245. The van der Waals surface area contributed by atoms with Crippen molar-refractivity contribution in [3.63, 3.8) is 0 Å². The van der Waals surface area contributed by atoms with Gasteiger partial charge in [-0.3, -0.25) is 0 Å². The Hall–Kier alpha value is 3.19. The van der Waals surface area contributed by atoms with Gasteiger partial charge in [0.25, 0.3) is 0 Å². The average molecular weight is 63.9 g/mol. The Morgan fingerprint density at radius 3 is 0.750 bits per heavy atom. The number of rotatable bonds is 0. The van der Waals surface area contributed by atoms with E-state index in [2.05, 4.69) is 0 Å². The Labute approximate surface area is 101 Å². The molecule has 0 fully saturated rings. The Morgan fingerprint density at radius 1 is 0.750 bits per heavy atom. The van der Waals surface area contributed by atoms with Crippen LogP contribution in [-0.2, 0) is 0 Å². The summed E-state index contributed by atoms with van der Waals surface area (Å²) in [6, 6.07) is 0. The van der Waals surface area contributed by atoms with E-state index in [9.17, 15) is 0 Å². The Kier molecular flexibility index (Phi) is 111. The van der Waals surface area contributed by atoms with Gasteiger partial charge in [-0.05, 0) is 0 Å². The number of hydrogen-bond acceptors (Lipinski definition) is 0. The standard InChI is InChI=1S/2Li.2Na.4H/q4*+1;4*-1. The fourth-order valence-electron chi connectivity index (χ4n) is 0. The van der Waals surface area contributed by atoms with Crippen LogP contribution >= 0.6 is 0 Å². The molecule has 0 aromatic rings. The summed E-state index contributed by atoms with van der Waals surface area (Å²) in [6.07, 6.45) is 0. The van der Waals surface area contributed by atoms with E-state index in [-0.39, 0.29) is 103 Å². The van der Waals surface area contributed by atoms with Crippen LogP contribution in [0.15, 0.2) is 0 Å². The van der Waals surface area contributed by atoms with E-state index in [0.29, 0.717) is 0 Å². The molecule has 0 atom stereocenters. The van der Waals surface area contributed by atoms with Crippen LogP contribution in [0.1, 0.15) is 5.71 Å². The maximum Gasteiger partial charge on any atom is 1.00 e. The third-order valence-electron chi connectivity index (χ3n) is 0. The molecule has 0 saturated carbocycles. The SMILES string of the molecule is [H-].[H-].[H-].[H-].[Li+].[Li+].[Na+].[Na+]. The van der Waals surface area contributed by atoms with E-state index in [0.717, 1.165) is 0 Å². The fraction of sp³-hybridized carbons (Fsp3) is 0. The predicted molar refractivity (Wildman–Crippen MR) is 4.45 cm³/mol. The van der Waals surface area contributed by atoms with Crippen molar-refractivity contribution >= 4 is 0 Å². The minimum atomic E-state index is 0. The second-order valence-corrected chi connectivity index (χ2v) is 0. The summed E-state index contributed by atoms with van der Waals surface area (Å²) < 4.78 is 0. The molecule has 0 radical (unpaired) electrons. The number of hydrogen-bond donors (Lipinski definition) is 0. The molecule has 0 heterocycles. The molecule has 0 saturated heterocycles. The maximum atomic E-state index is 0. The van der Waals surface area contributed by atoms with Crippen molar-refractivity contribution in [3.05, 3.63) is 0 Å². The Bertz CT molecular complexity index is 12.0. The minimum absolute atomic E-state index is 0. The van der Waals surface area contributed by atoms with Gasteiger partial charge in [0.05, 0.1) is 0 Å². The summed E-state index contributed by atoms with van der Waals surface area (Å²) in [7, 11) is 0. The molecular weight excluding hydrogens is 59.9 g/mol. The summed E-state index contributed by atoms with van der Waals surface area (Å²) in [5.74, 6) is 0. The second-order valence-electron chi connectivity index (χ2n) is 0. The molecule has 0 bridgehead atoms. The molecule has 0 unspecified atom stereocenters. The molecule has 0 rings (SSSR count). The van der Waals surface area contributed by atoms with Crippen molar-refractivity contribution in [1.82, 2.24) is 0 Å². The van der Waals surface area contributed by atoms with Gasteiger partial charge < -0.3 is 5.71 Å². The van der Waals surface area contributed by atoms with Gasteiger partial charge in [0.15, 0.2) is 0 Å². The molecule has 8 valence electrons. The molecule has 0 aliphatic heterocycles. The molecule has 0 spiro atoms. The van der Waals surface area contributed by atoms with Gasteiger partial charge in [0.2, 0.25) is 0 Å². The van der Waals surface area contributed by atoms with E-state index in [1.807, 2.05) is 0 Å². The molecule has 4 heavy (non-hydrogen) atoms. The van der Waals surface area contributed by atoms with Crippen molar-refractivity contribution in [3.8, 4) is 0 Å². The van der Waals surface area contributed by atoms with Gasteiger partial charge in [-0.15, -0.1) is 0 Å². The largest absolute Gasteiger partial charge is 1.00 e. The maximum absolute atomic E-state index is 0. The average Bonchev–Trinajstić information content (AvgIpc) is 0. The summed E-state index contributed by atoms with van der Waals surface area (Å²) >= 11 is 0. The van der Waals surface area contributed by atoms with Crippen LogP contribution < -0.4 is 96.8 Å². The van der Waals surface area contributed by atoms with Crippen molar-refractivity contribution < 1.29 is 103 Å². The van der Waals surface area contributed by atoms with Gasteiger partial charge >= 0.3 is 96.8 Å². The Balaban J connectivity index is 0. The molecule has 0 aliphatic carbocycles. The summed E-state index contributed by atoms with van der Waals surface area (Å²) in [5, 5.41) is 0. The van der Waals surface area contributed by atoms with Gasteiger partial charge in [-0.1, -0.05) is 0 Å². The minimum Gasteiger partial charge on any atom is -1.00 e. The first kappa shape index (κ1) is 27.1. The zero-order valence-corrected chi connectivity index (χ0v) is 8.00. The van der Waals surface area contributed by atoms with Gasteiger partial charge in [-0.25, -0.2) is 0 Å². The molecule has 0 aliphatic rings. The zero-order valence-electron chi connectivity index (χ0n) is 8.00. The van der Waals surface area contributed by atoms with Crippen LogP contribution in [0.2, 0.25) is 0 Å². The van der Waals surface area contributed by atoms with Crippen LogP contribution in [0.5, 0.6) is 0 Å².